The first-order valence-corrected chi connectivity index (χ1v) is 11.0. The topological polar surface area (TPSA) is 101 Å². The number of hydrogen-bond donors (Lipinski definition) is 2. The summed E-state index contributed by atoms with van der Waals surface area (Å²) in [6.07, 6.45) is 3.95. The highest BCUT2D eigenvalue weighted by molar-refractivity contribution is 5.93. The van der Waals surface area contributed by atoms with Crippen LogP contribution in [0, 0.1) is 17.7 Å². The first-order chi connectivity index (χ1) is 15.3. The van der Waals surface area contributed by atoms with Crippen LogP contribution in [-0.4, -0.2) is 45.2 Å². The smallest absolute Gasteiger partial charge is 0.407 e. The second-order valence-corrected chi connectivity index (χ2v) is 9.03. The average molecular weight is 436 g/mol. The highest BCUT2D eigenvalue weighted by atomic mass is 19.1. The lowest BCUT2D eigenvalue weighted by Crippen LogP contribution is -2.25. The second-order valence-electron chi connectivity index (χ2n) is 9.03. The first-order valence-electron chi connectivity index (χ1n) is 11.0. The maximum absolute atomic E-state index is 14.9. The number of carboxylic acid groups (broad SMARTS) is 1. The van der Waals surface area contributed by atoms with E-state index < -0.39 is 12.0 Å². The highest BCUT2D eigenvalue weighted by Gasteiger charge is 2.44. The van der Waals surface area contributed by atoms with Crippen molar-refractivity contribution >= 4 is 12.0 Å². The van der Waals surface area contributed by atoms with E-state index in [-0.39, 0.29) is 23.3 Å². The quantitative estimate of drug-likeness (QED) is 0.549. The number of amides is 2. The van der Waals surface area contributed by atoms with Crippen molar-refractivity contribution in [2.45, 2.75) is 56.4 Å². The van der Waals surface area contributed by atoms with Gasteiger partial charge in [0.05, 0.1) is 11.3 Å². The van der Waals surface area contributed by atoms with Crippen molar-refractivity contribution in [2.75, 3.05) is 13.6 Å². The van der Waals surface area contributed by atoms with Crippen LogP contribution >= 0.6 is 0 Å². The third-order valence-corrected chi connectivity index (χ3v) is 6.79. The third kappa shape index (κ3) is 3.42. The lowest BCUT2D eigenvalue weighted by atomic mass is 9.75. The molecule has 2 bridgehead atoms. The molecule has 1 aromatic heterocycles. The van der Waals surface area contributed by atoms with Gasteiger partial charge in [-0.3, -0.25) is 4.79 Å². The normalized spacial score (nSPS) is 20.2. The minimum absolute atomic E-state index is 0.266. The van der Waals surface area contributed by atoms with E-state index in [4.69, 9.17) is 10.8 Å². The van der Waals surface area contributed by atoms with E-state index in [1.54, 1.807) is 12.1 Å². The molecule has 166 valence electrons. The number of nitrogens with two attached hydrogens (primary N) is 1. The summed E-state index contributed by atoms with van der Waals surface area (Å²) in [5.74, 6) is 6.29. The van der Waals surface area contributed by atoms with E-state index in [1.165, 1.54) is 11.9 Å². The number of aromatic nitrogens is 2. The molecule has 0 unspecified atom stereocenters. The molecule has 2 saturated carbocycles. The molecular formula is C24H25FN4O3. The molecule has 0 saturated heterocycles. The number of carbonyl (C=O) groups is 2. The van der Waals surface area contributed by atoms with Gasteiger partial charge in [0.1, 0.15) is 17.3 Å². The standard InChI is InChI=1S/C24H25FN4O3/c1-28(24(31)32)8-4-2-3-5-14-11-18-17(12-19(14)25)15-9-16(10-15)29-21(13-6-7-13)20(22(26)30)27-23(18)29/h11-13,15-16H,2,4,6-10H2,1H3,(H2,26,30)(H,31,32). The van der Waals surface area contributed by atoms with Crippen LogP contribution < -0.4 is 5.73 Å². The lowest BCUT2D eigenvalue weighted by molar-refractivity contribution is 0.0994. The number of imidazole rings is 1. The van der Waals surface area contributed by atoms with Crippen molar-refractivity contribution in [1.29, 1.82) is 0 Å². The zero-order valence-corrected chi connectivity index (χ0v) is 17.9. The summed E-state index contributed by atoms with van der Waals surface area (Å²) in [4.78, 5) is 28.8. The summed E-state index contributed by atoms with van der Waals surface area (Å²) in [6.45, 7) is 0.372. The van der Waals surface area contributed by atoms with Crippen LogP contribution in [0.15, 0.2) is 12.1 Å². The Hall–Kier alpha value is -3.34. The highest BCUT2D eigenvalue weighted by Crippen LogP contribution is 2.55. The molecule has 0 atom stereocenters. The van der Waals surface area contributed by atoms with Crippen molar-refractivity contribution in [3.05, 3.63) is 40.5 Å². The maximum Gasteiger partial charge on any atom is 0.407 e. The Morgan fingerprint density at radius 1 is 1.31 bits per heavy atom. The van der Waals surface area contributed by atoms with Crippen LogP contribution in [0.4, 0.5) is 9.18 Å². The Bertz CT molecular complexity index is 1180. The first kappa shape index (κ1) is 20.6. The van der Waals surface area contributed by atoms with E-state index >= 15 is 0 Å². The molecule has 0 spiro atoms. The van der Waals surface area contributed by atoms with E-state index in [0.717, 1.165) is 42.5 Å². The van der Waals surface area contributed by atoms with Gasteiger partial charge >= 0.3 is 6.09 Å². The summed E-state index contributed by atoms with van der Waals surface area (Å²) in [5.41, 5.74) is 9.00. The zero-order chi connectivity index (χ0) is 22.6. The number of nitrogens with zero attached hydrogens (tertiary/aromatic N) is 3. The monoisotopic (exact) mass is 436 g/mol. The Labute approximate surface area is 185 Å². The molecule has 6 rings (SSSR count). The Balaban J connectivity index is 1.49. The molecule has 3 heterocycles. The zero-order valence-electron chi connectivity index (χ0n) is 17.9. The SMILES string of the molecule is CN(CCCC#Cc1cc2c(cc1F)C1CC(C1)n1c-2nc(C(N)=O)c1C1CC1)C(=O)O. The number of rotatable bonds is 5. The molecule has 32 heavy (non-hydrogen) atoms. The predicted octanol–water partition coefficient (Wildman–Crippen LogP) is 3.84. The van der Waals surface area contributed by atoms with Crippen molar-refractivity contribution in [3.63, 3.8) is 0 Å². The van der Waals surface area contributed by atoms with Gasteiger partial charge in [-0.1, -0.05) is 11.8 Å². The Kier molecular flexibility index (Phi) is 4.92. The van der Waals surface area contributed by atoms with Gasteiger partial charge in [0.2, 0.25) is 0 Å². The minimum atomic E-state index is -0.982. The lowest BCUT2D eigenvalue weighted by Gasteiger charge is -2.35. The van der Waals surface area contributed by atoms with E-state index in [0.29, 0.717) is 36.8 Å². The van der Waals surface area contributed by atoms with Gasteiger partial charge in [0, 0.05) is 37.5 Å². The van der Waals surface area contributed by atoms with Crippen molar-refractivity contribution in [3.8, 4) is 23.2 Å². The molecule has 1 aromatic carbocycles. The van der Waals surface area contributed by atoms with Gasteiger partial charge < -0.3 is 20.3 Å². The van der Waals surface area contributed by atoms with Crippen LogP contribution in [0.3, 0.4) is 0 Å². The Morgan fingerprint density at radius 3 is 2.72 bits per heavy atom. The largest absolute Gasteiger partial charge is 0.465 e. The van der Waals surface area contributed by atoms with Crippen LogP contribution in [0.1, 0.15) is 83.7 Å². The van der Waals surface area contributed by atoms with Crippen LogP contribution in [-0.2, 0) is 0 Å². The number of primary amides is 1. The summed E-state index contributed by atoms with van der Waals surface area (Å²) < 4.78 is 17.1. The van der Waals surface area contributed by atoms with Gasteiger partial charge in [-0.25, -0.2) is 14.2 Å². The predicted molar refractivity (Wildman–Crippen MR) is 116 cm³/mol. The molecule has 3 N–H and O–H groups in total. The van der Waals surface area contributed by atoms with Gasteiger partial charge in [-0.15, -0.1) is 0 Å². The van der Waals surface area contributed by atoms with E-state index in [1.807, 2.05) is 0 Å². The Morgan fingerprint density at radius 2 is 2.06 bits per heavy atom. The molecule has 2 fully saturated rings. The van der Waals surface area contributed by atoms with Gasteiger partial charge in [-0.05, 0) is 55.7 Å². The fourth-order valence-corrected chi connectivity index (χ4v) is 4.86. The molecule has 2 aliphatic carbocycles. The number of unbranched alkanes of at least 4 members (excludes halogenated alkanes) is 1. The molecule has 7 nitrogen and oxygen atoms in total. The minimum Gasteiger partial charge on any atom is -0.465 e. The van der Waals surface area contributed by atoms with Crippen LogP contribution in [0.5, 0.6) is 0 Å². The number of hydrogen-bond acceptors (Lipinski definition) is 3. The maximum atomic E-state index is 14.9. The molecule has 4 aliphatic rings. The number of benzene rings is 1. The van der Waals surface area contributed by atoms with Crippen LogP contribution in [0.2, 0.25) is 0 Å². The molecule has 8 heteroatoms. The van der Waals surface area contributed by atoms with Crippen molar-refractivity contribution < 1.29 is 19.1 Å². The molecule has 2 aromatic rings. The summed E-state index contributed by atoms with van der Waals surface area (Å²) in [7, 11) is 1.51. The summed E-state index contributed by atoms with van der Waals surface area (Å²) in [5, 5.41) is 8.89. The van der Waals surface area contributed by atoms with Crippen molar-refractivity contribution in [1.82, 2.24) is 14.5 Å². The number of carbonyl (C=O) groups excluding carboxylic acids is 1. The van der Waals surface area contributed by atoms with Crippen LogP contribution in [0.25, 0.3) is 11.4 Å². The molecule has 2 amide bonds. The second kappa shape index (κ2) is 7.66. The van der Waals surface area contributed by atoms with Crippen molar-refractivity contribution in [2.24, 2.45) is 5.73 Å². The van der Waals surface area contributed by atoms with Gasteiger partial charge in [0.15, 0.2) is 0 Å². The molecule has 0 radical (unpaired) electrons. The fourth-order valence-electron chi connectivity index (χ4n) is 4.86. The number of halogens is 1. The third-order valence-electron chi connectivity index (χ3n) is 6.79. The van der Waals surface area contributed by atoms with Gasteiger partial charge in [0.25, 0.3) is 5.91 Å². The molecule has 2 aliphatic heterocycles. The average Bonchev–Trinajstić information content (AvgIpc) is 3.51. The van der Waals surface area contributed by atoms with Gasteiger partial charge in [-0.2, -0.15) is 0 Å². The fraction of sp³-hybridized carbons (Fsp3) is 0.458. The molecular weight excluding hydrogens is 411 g/mol. The van der Waals surface area contributed by atoms with E-state index in [9.17, 15) is 14.0 Å². The van der Waals surface area contributed by atoms with E-state index in [2.05, 4.69) is 21.4 Å². The summed E-state index contributed by atoms with van der Waals surface area (Å²) >= 11 is 0. The summed E-state index contributed by atoms with van der Waals surface area (Å²) in [6, 6.07) is 3.59.